The van der Waals surface area contributed by atoms with Gasteiger partial charge < -0.3 is 15.0 Å². The molecule has 1 amide bonds. The van der Waals surface area contributed by atoms with Gasteiger partial charge in [0.25, 0.3) is 0 Å². The fraction of sp³-hybridized carbons (Fsp3) is 0.533. The standard InChI is InChI=1S/C15H19FN2O2/c16-12-1-3-13(4-2-12)20-14-9-18(10-14)15(19)7-11-5-6-17-8-11/h1-4,11,14,17H,5-10H2/t11-/m1/s1. The van der Waals surface area contributed by atoms with Gasteiger partial charge in [-0.05, 0) is 49.7 Å². The van der Waals surface area contributed by atoms with Gasteiger partial charge in [0, 0.05) is 6.42 Å². The molecule has 4 nitrogen and oxygen atoms in total. The molecule has 0 saturated carbocycles. The lowest BCUT2D eigenvalue weighted by Gasteiger charge is -2.39. The normalized spacial score (nSPS) is 22.6. The average Bonchev–Trinajstić information content (AvgIpc) is 2.88. The molecule has 0 unspecified atom stereocenters. The lowest BCUT2D eigenvalue weighted by Crippen LogP contribution is -2.56. The van der Waals surface area contributed by atoms with Crippen LogP contribution in [0.15, 0.2) is 24.3 Å². The number of nitrogens with one attached hydrogen (secondary N) is 1. The molecule has 1 aromatic carbocycles. The lowest BCUT2D eigenvalue weighted by atomic mass is 10.0. The molecule has 108 valence electrons. The van der Waals surface area contributed by atoms with E-state index in [1.54, 1.807) is 12.1 Å². The first kappa shape index (κ1) is 13.4. The van der Waals surface area contributed by atoms with Crippen LogP contribution >= 0.6 is 0 Å². The molecule has 1 atom stereocenters. The minimum absolute atomic E-state index is 0.0334. The quantitative estimate of drug-likeness (QED) is 0.905. The van der Waals surface area contributed by atoms with Crippen molar-refractivity contribution in [1.29, 1.82) is 0 Å². The third kappa shape index (κ3) is 3.10. The second kappa shape index (κ2) is 5.79. The number of likely N-dealkylation sites (tertiary alicyclic amines) is 1. The molecular weight excluding hydrogens is 259 g/mol. The van der Waals surface area contributed by atoms with Crippen LogP contribution in [-0.4, -0.2) is 43.1 Å². The molecule has 2 heterocycles. The number of carbonyl (C=O) groups is 1. The minimum Gasteiger partial charge on any atom is -0.487 e. The maximum atomic E-state index is 12.8. The molecule has 0 aliphatic carbocycles. The van der Waals surface area contributed by atoms with E-state index in [0.29, 0.717) is 31.2 Å². The Balaban J connectivity index is 1.41. The number of hydrogen-bond acceptors (Lipinski definition) is 3. The van der Waals surface area contributed by atoms with E-state index in [-0.39, 0.29) is 17.8 Å². The van der Waals surface area contributed by atoms with Gasteiger partial charge in [0.1, 0.15) is 17.7 Å². The van der Waals surface area contributed by atoms with Crippen molar-refractivity contribution in [2.45, 2.75) is 18.9 Å². The maximum absolute atomic E-state index is 12.8. The number of hydrogen-bond donors (Lipinski definition) is 1. The van der Waals surface area contributed by atoms with Crippen molar-refractivity contribution in [2.75, 3.05) is 26.2 Å². The minimum atomic E-state index is -0.270. The van der Waals surface area contributed by atoms with E-state index in [9.17, 15) is 9.18 Å². The molecule has 3 rings (SSSR count). The van der Waals surface area contributed by atoms with Gasteiger partial charge in [-0.1, -0.05) is 0 Å². The molecule has 0 radical (unpaired) electrons. The molecule has 1 aromatic rings. The van der Waals surface area contributed by atoms with E-state index < -0.39 is 0 Å². The molecule has 20 heavy (non-hydrogen) atoms. The molecule has 2 fully saturated rings. The summed E-state index contributed by atoms with van der Waals surface area (Å²) in [4.78, 5) is 13.9. The Hall–Kier alpha value is -1.62. The summed E-state index contributed by atoms with van der Waals surface area (Å²) in [5, 5.41) is 3.27. The molecule has 2 saturated heterocycles. The van der Waals surface area contributed by atoms with Crippen LogP contribution in [0.25, 0.3) is 0 Å². The Morgan fingerprint density at radius 2 is 2.10 bits per heavy atom. The van der Waals surface area contributed by atoms with Crippen LogP contribution in [0, 0.1) is 11.7 Å². The Bertz CT molecular complexity index is 465. The first-order valence-electron chi connectivity index (χ1n) is 7.11. The summed E-state index contributed by atoms with van der Waals surface area (Å²) in [7, 11) is 0. The molecule has 0 aromatic heterocycles. The van der Waals surface area contributed by atoms with Crippen LogP contribution in [-0.2, 0) is 4.79 Å². The number of carbonyl (C=O) groups excluding carboxylic acids is 1. The van der Waals surface area contributed by atoms with Crippen LogP contribution in [0.5, 0.6) is 5.75 Å². The zero-order valence-electron chi connectivity index (χ0n) is 11.3. The van der Waals surface area contributed by atoms with Crippen molar-refractivity contribution in [3.05, 3.63) is 30.1 Å². The number of ether oxygens (including phenoxy) is 1. The van der Waals surface area contributed by atoms with Crippen LogP contribution in [0.3, 0.4) is 0 Å². The number of halogens is 1. The fourth-order valence-corrected chi connectivity index (χ4v) is 2.69. The molecule has 5 heteroatoms. The largest absolute Gasteiger partial charge is 0.487 e. The topological polar surface area (TPSA) is 41.6 Å². The average molecular weight is 278 g/mol. The Labute approximate surface area is 117 Å². The van der Waals surface area contributed by atoms with Crippen LogP contribution in [0.1, 0.15) is 12.8 Å². The Kier molecular flexibility index (Phi) is 3.87. The number of amides is 1. The number of nitrogens with zero attached hydrogens (tertiary/aromatic N) is 1. The second-order valence-electron chi connectivity index (χ2n) is 5.56. The summed E-state index contributed by atoms with van der Waals surface area (Å²) in [5.41, 5.74) is 0. The highest BCUT2D eigenvalue weighted by Crippen LogP contribution is 2.21. The predicted octanol–water partition coefficient (Wildman–Crippen LogP) is 1.41. The van der Waals surface area contributed by atoms with E-state index in [2.05, 4.69) is 5.32 Å². The van der Waals surface area contributed by atoms with E-state index in [1.165, 1.54) is 12.1 Å². The highest BCUT2D eigenvalue weighted by Gasteiger charge is 2.33. The highest BCUT2D eigenvalue weighted by atomic mass is 19.1. The SMILES string of the molecule is O=C(C[C@H]1CCNC1)N1CC(Oc2ccc(F)cc2)C1. The molecule has 0 spiro atoms. The third-order valence-electron chi connectivity index (χ3n) is 3.94. The van der Waals surface area contributed by atoms with Crippen molar-refractivity contribution < 1.29 is 13.9 Å². The van der Waals surface area contributed by atoms with E-state index in [4.69, 9.17) is 4.74 Å². The van der Waals surface area contributed by atoms with Crippen LogP contribution in [0.2, 0.25) is 0 Å². The number of benzene rings is 1. The van der Waals surface area contributed by atoms with Gasteiger partial charge in [-0.25, -0.2) is 4.39 Å². The van der Waals surface area contributed by atoms with E-state index >= 15 is 0 Å². The lowest BCUT2D eigenvalue weighted by molar-refractivity contribution is -0.140. The number of rotatable bonds is 4. The zero-order chi connectivity index (χ0) is 13.9. The van der Waals surface area contributed by atoms with Crippen LogP contribution in [0.4, 0.5) is 4.39 Å². The van der Waals surface area contributed by atoms with Crippen molar-refractivity contribution in [1.82, 2.24) is 10.2 Å². The molecule has 2 aliphatic heterocycles. The van der Waals surface area contributed by atoms with Gasteiger partial charge in [-0.3, -0.25) is 4.79 Å². The maximum Gasteiger partial charge on any atom is 0.223 e. The predicted molar refractivity (Wildman–Crippen MR) is 73.0 cm³/mol. The van der Waals surface area contributed by atoms with Crippen molar-refractivity contribution in [3.8, 4) is 5.75 Å². The molecule has 2 aliphatic rings. The van der Waals surface area contributed by atoms with Crippen molar-refractivity contribution in [3.63, 3.8) is 0 Å². The van der Waals surface area contributed by atoms with Crippen molar-refractivity contribution in [2.24, 2.45) is 5.92 Å². The summed E-state index contributed by atoms with van der Waals surface area (Å²) in [6, 6.07) is 5.99. The monoisotopic (exact) mass is 278 g/mol. The zero-order valence-corrected chi connectivity index (χ0v) is 11.3. The third-order valence-corrected chi connectivity index (χ3v) is 3.94. The molecule has 0 bridgehead atoms. The smallest absolute Gasteiger partial charge is 0.223 e. The summed E-state index contributed by atoms with van der Waals surface area (Å²) >= 11 is 0. The van der Waals surface area contributed by atoms with Gasteiger partial charge in [-0.15, -0.1) is 0 Å². The van der Waals surface area contributed by atoms with Crippen molar-refractivity contribution >= 4 is 5.91 Å². The summed E-state index contributed by atoms with van der Waals surface area (Å²) in [6.45, 7) is 3.25. The Morgan fingerprint density at radius 3 is 2.75 bits per heavy atom. The summed E-state index contributed by atoms with van der Waals surface area (Å²) in [6.07, 6.45) is 1.76. The fourth-order valence-electron chi connectivity index (χ4n) is 2.69. The van der Waals surface area contributed by atoms with Gasteiger partial charge in [-0.2, -0.15) is 0 Å². The Morgan fingerprint density at radius 1 is 1.35 bits per heavy atom. The summed E-state index contributed by atoms with van der Waals surface area (Å²) in [5.74, 6) is 1.09. The van der Waals surface area contributed by atoms with E-state index in [1.807, 2.05) is 4.90 Å². The first-order chi connectivity index (χ1) is 9.70. The van der Waals surface area contributed by atoms with Gasteiger partial charge in [0.05, 0.1) is 13.1 Å². The first-order valence-corrected chi connectivity index (χ1v) is 7.11. The van der Waals surface area contributed by atoms with Gasteiger partial charge in [0.15, 0.2) is 0 Å². The van der Waals surface area contributed by atoms with Gasteiger partial charge in [0.2, 0.25) is 5.91 Å². The van der Waals surface area contributed by atoms with Crippen LogP contribution < -0.4 is 10.1 Å². The van der Waals surface area contributed by atoms with Gasteiger partial charge >= 0.3 is 0 Å². The second-order valence-corrected chi connectivity index (χ2v) is 5.56. The molecule has 1 N–H and O–H groups in total. The summed E-state index contributed by atoms with van der Waals surface area (Å²) < 4.78 is 18.5. The highest BCUT2D eigenvalue weighted by molar-refractivity contribution is 5.77. The molecular formula is C15H19FN2O2. The van der Waals surface area contributed by atoms with E-state index in [0.717, 1.165) is 19.5 Å².